The molecule has 0 aliphatic heterocycles. The van der Waals surface area contributed by atoms with Gasteiger partial charge in [0.1, 0.15) is 0 Å². The topological polar surface area (TPSA) is 55.1 Å². The van der Waals surface area contributed by atoms with E-state index in [0.29, 0.717) is 0 Å². The summed E-state index contributed by atoms with van der Waals surface area (Å²) in [5.41, 5.74) is 6.16. The molecule has 0 bridgehead atoms. The van der Waals surface area contributed by atoms with Crippen LogP contribution in [0.25, 0.3) is 0 Å². The maximum absolute atomic E-state index is 11.9. The van der Waals surface area contributed by atoms with E-state index in [9.17, 15) is 4.79 Å². The van der Waals surface area contributed by atoms with Crippen molar-refractivity contribution < 1.29 is 4.79 Å². The van der Waals surface area contributed by atoms with E-state index in [4.69, 9.17) is 5.73 Å². The number of nitrogens with one attached hydrogen (secondary N) is 1. The van der Waals surface area contributed by atoms with Crippen molar-refractivity contribution in [2.24, 2.45) is 0 Å². The lowest BCUT2D eigenvalue weighted by molar-refractivity contribution is -0.121. The average molecular weight is 252 g/mol. The van der Waals surface area contributed by atoms with E-state index in [-0.39, 0.29) is 16.7 Å². The van der Waals surface area contributed by atoms with Crippen molar-refractivity contribution in [3.05, 3.63) is 24.3 Å². The van der Waals surface area contributed by atoms with Crippen molar-refractivity contribution >= 4 is 23.4 Å². The van der Waals surface area contributed by atoms with E-state index in [0.717, 1.165) is 10.6 Å². The summed E-state index contributed by atoms with van der Waals surface area (Å²) in [5, 5.41) is 2.85. The smallest absolute Gasteiger partial charge is 0.233 e. The molecule has 0 aromatic heterocycles. The number of nitrogens with two attached hydrogens (primary N) is 1. The minimum Gasteiger partial charge on any atom is -0.399 e. The van der Waals surface area contributed by atoms with Gasteiger partial charge in [0, 0.05) is 16.1 Å². The number of thioether (sulfide) groups is 1. The molecule has 1 aromatic carbocycles. The highest BCUT2D eigenvalue weighted by atomic mass is 32.2. The molecular formula is C13H20N2OS. The molecule has 1 aromatic rings. The van der Waals surface area contributed by atoms with Crippen LogP contribution < -0.4 is 11.1 Å². The highest BCUT2D eigenvalue weighted by Crippen LogP contribution is 2.24. The SMILES string of the molecule is CC(Sc1ccc(N)cc1)C(=O)NC(C)(C)C. The molecule has 0 heterocycles. The summed E-state index contributed by atoms with van der Waals surface area (Å²) in [6, 6.07) is 7.55. The number of hydrogen-bond donors (Lipinski definition) is 2. The number of carbonyl (C=O) groups is 1. The van der Waals surface area contributed by atoms with E-state index in [1.807, 2.05) is 52.0 Å². The van der Waals surface area contributed by atoms with Gasteiger partial charge in [0.05, 0.1) is 5.25 Å². The fourth-order valence-corrected chi connectivity index (χ4v) is 2.14. The summed E-state index contributed by atoms with van der Waals surface area (Å²) in [6.07, 6.45) is 0. The Labute approximate surface area is 107 Å². The van der Waals surface area contributed by atoms with Gasteiger partial charge in [-0.25, -0.2) is 0 Å². The quantitative estimate of drug-likeness (QED) is 0.642. The van der Waals surface area contributed by atoms with Crippen molar-refractivity contribution in [3.8, 4) is 0 Å². The van der Waals surface area contributed by atoms with Crippen LogP contribution >= 0.6 is 11.8 Å². The summed E-state index contributed by atoms with van der Waals surface area (Å²) < 4.78 is 0. The molecule has 1 amide bonds. The first-order valence-corrected chi connectivity index (χ1v) is 6.50. The highest BCUT2D eigenvalue weighted by molar-refractivity contribution is 8.00. The molecule has 0 spiro atoms. The molecule has 3 nitrogen and oxygen atoms in total. The van der Waals surface area contributed by atoms with Crippen LogP contribution in [-0.4, -0.2) is 16.7 Å². The molecule has 0 aliphatic carbocycles. The third-order valence-electron chi connectivity index (χ3n) is 2.06. The van der Waals surface area contributed by atoms with Crippen molar-refractivity contribution in [2.75, 3.05) is 5.73 Å². The number of rotatable bonds is 3. The number of nitrogen functional groups attached to an aromatic ring is 1. The Kier molecular flexibility index (Phi) is 4.46. The second-order valence-corrected chi connectivity index (χ2v) is 6.48. The summed E-state index contributed by atoms with van der Waals surface area (Å²) in [5.74, 6) is 0.0549. The monoisotopic (exact) mass is 252 g/mol. The van der Waals surface area contributed by atoms with Crippen molar-refractivity contribution in [1.82, 2.24) is 5.32 Å². The van der Waals surface area contributed by atoms with Gasteiger partial charge >= 0.3 is 0 Å². The van der Waals surface area contributed by atoms with Crippen molar-refractivity contribution in [1.29, 1.82) is 0 Å². The van der Waals surface area contributed by atoms with Gasteiger partial charge in [-0.3, -0.25) is 4.79 Å². The normalized spacial score (nSPS) is 13.2. The molecule has 4 heteroatoms. The minimum absolute atomic E-state index is 0.0549. The van der Waals surface area contributed by atoms with Crippen molar-refractivity contribution in [2.45, 2.75) is 43.4 Å². The Hall–Kier alpha value is -1.16. The Morgan fingerprint density at radius 3 is 2.29 bits per heavy atom. The van der Waals surface area contributed by atoms with E-state index < -0.39 is 0 Å². The van der Waals surface area contributed by atoms with Gasteiger partial charge in [-0.2, -0.15) is 0 Å². The Balaban J connectivity index is 2.57. The van der Waals surface area contributed by atoms with Crippen LogP contribution in [0, 0.1) is 0 Å². The van der Waals surface area contributed by atoms with Gasteiger partial charge < -0.3 is 11.1 Å². The molecule has 0 aliphatic rings. The molecule has 94 valence electrons. The van der Waals surface area contributed by atoms with Gasteiger partial charge in [0.25, 0.3) is 0 Å². The van der Waals surface area contributed by atoms with Crippen molar-refractivity contribution in [3.63, 3.8) is 0 Å². The molecule has 0 saturated carbocycles. The number of amides is 1. The van der Waals surface area contributed by atoms with Gasteiger partial charge in [0.2, 0.25) is 5.91 Å². The fourth-order valence-electron chi connectivity index (χ4n) is 1.28. The Morgan fingerprint density at radius 2 is 1.82 bits per heavy atom. The number of anilines is 1. The third kappa shape index (κ3) is 5.13. The highest BCUT2D eigenvalue weighted by Gasteiger charge is 2.19. The molecular weight excluding hydrogens is 232 g/mol. The molecule has 1 atom stereocenters. The van der Waals surface area contributed by atoms with E-state index in [2.05, 4.69) is 5.32 Å². The second-order valence-electron chi connectivity index (χ2n) is 5.07. The predicted octanol–water partition coefficient (Wildman–Crippen LogP) is 2.66. The van der Waals surface area contributed by atoms with Crippen LogP contribution in [0.4, 0.5) is 5.69 Å². The largest absolute Gasteiger partial charge is 0.399 e. The molecule has 0 radical (unpaired) electrons. The van der Waals surface area contributed by atoms with Gasteiger partial charge in [-0.05, 0) is 52.0 Å². The molecule has 1 rings (SSSR count). The van der Waals surface area contributed by atoms with Crippen LogP contribution in [0.1, 0.15) is 27.7 Å². The summed E-state index contributed by atoms with van der Waals surface area (Å²) >= 11 is 1.53. The number of hydrogen-bond acceptors (Lipinski definition) is 3. The second kappa shape index (κ2) is 5.45. The Morgan fingerprint density at radius 1 is 1.29 bits per heavy atom. The van der Waals surface area contributed by atoms with Gasteiger partial charge in [-0.15, -0.1) is 11.8 Å². The van der Waals surface area contributed by atoms with Gasteiger partial charge in [0.15, 0.2) is 0 Å². The lowest BCUT2D eigenvalue weighted by Gasteiger charge is -2.23. The number of benzene rings is 1. The summed E-state index contributed by atoms with van der Waals surface area (Å²) in [6.45, 7) is 7.84. The first-order chi connectivity index (χ1) is 7.78. The standard InChI is InChI=1S/C13H20N2OS/c1-9(12(16)15-13(2,3)4)17-11-7-5-10(14)6-8-11/h5-9H,14H2,1-4H3,(H,15,16). The van der Waals surface area contributed by atoms with Crippen LogP contribution in [0.2, 0.25) is 0 Å². The molecule has 1 unspecified atom stereocenters. The molecule has 0 saturated heterocycles. The lowest BCUT2D eigenvalue weighted by atomic mass is 10.1. The third-order valence-corrected chi connectivity index (χ3v) is 3.17. The average Bonchev–Trinajstić information content (AvgIpc) is 2.19. The zero-order valence-corrected chi connectivity index (χ0v) is 11.6. The Bertz CT molecular complexity index is 381. The maximum Gasteiger partial charge on any atom is 0.233 e. The lowest BCUT2D eigenvalue weighted by Crippen LogP contribution is -2.44. The fraction of sp³-hybridized carbons (Fsp3) is 0.462. The first-order valence-electron chi connectivity index (χ1n) is 5.62. The zero-order chi connectivity index (χ0) is 13.1. The molecule has 3 N–H and O–H groups in total. The van der Waals surface area contributed by atoms with E-state index in [1.54, 1.807) is 0 Å². The number of carbonyl (C=O) groups excluding carboxylic acids is 1. The van der Waals surface area contributed by atoms with Crippen LogP contribution in [0.5, 0.6) is 0 Å². The van der Waals surface area contributed by atoms with Gasteiger partial charge in [-0.1, -0.05) is 0 Å². The summed E-state index contributed by atoms with van der Waals surface area (Å²) in [7, 11) is 0. The molecule has 0 fully saturated rings. The minimum atomic E-state index is -0.187. The van der Waals surface area contributed by atoms with Crippen LogP contribution in [0.3, 0.4) is 0 Å². The zero-order valence-electron chi connectivity index (χ0n) is 10.8. The van der Waals surface area contributed by atoms with E-state index >= 15 is 0 Å². The maximum atomic E-state index is 11.9. The summed E-state index contributed by atoms with van der Waals surface area (Å²) in [4.78, 5) is 12.9. The van der Waals surface area contributed by atoms with Crippen LogP contribution in [0.15, 0.2) is 29.2 Å². The van der Waals surface area contributed by atoms with E-state index in [1.165, 1.54) is 11.8 Å². The first kappa shape index (κ1) is 13.9. The molecule has 17 heavy (non-hydrogen) atoms. The van der Waals surface area contributed by atoms with Crippen LogP contribution in [-0.2, 0) is 4.79 Å². The predicted molar refractivity (Wildman–Crippen MR) is 74.1 cm³/mol.